The molecule has 0 unspecified atom stereocenters. The van der Waals surface area contributed by atoms with Gasteiger partial charge in [-0.3, -0.25) is 0 Å². The van der Waals surface area contributed by atoms with Crippen molar-refractivity contribution >= 4 is 46.3 Å². The van der Waals surface area contributed by atoms with Gasteiger partial charge in [0, 0.05) is 18.1 Å². The molecule has 1 aromatic carbocycles. The fourth-order valence-electron chi connectivity index (χ4n) is 1.97. The van der Waals surface area contributed by atoms with Gasteiger partial charge < -0.3 is 5.32 Å². The average Bonchev–Trinajstić information content (AvgIpc) is 2.53. The number of aryl methyl sites for hydroxylation is 2. The van der Waals surface area contributed by atoms with Gasteiger partial charge in [0.25, 0.3) is 0 Å². The maximum Gasteiger partial charge on any atom is 0.224 e. The molecule has 0 radical (unpaired) electrons. The molecule has 2 heterocycles. The van der Waals surface area contributed by atoms with Gasteiger partial charge in [0.2, 0.25) is 10.6 Å². The monoisotopic (exact) mass is 395 g/mol. The van der Waals surface area contributed by atoms with Crippen molar-refractivity contribution < 1.29 is 0 Å². The Hall–Kier alpha value is -1.95. The predicted octanol–water partition coefficient (Wildman–Crippen LogP) is 5.58. The Labute approximate surface area is 161 Å². The highest BCUT2D eigenvalue weighted by atomic mass is 35.5. The first-order valence-corrected chi connectivity index (χ1v) is 8.46. The van der Waals surface area contributed by atoms with Crippen LogP contribution in [0.25, 0.3) is 0 Å². The van der Waals surface area contributed by atoms with E-state index in [1.807, 2.05) is 0 Å². The fourth-order valence-corrected chi connectivity index (χ4v) is 2.45. The highest BCUT2D eigenvalue weighted by molar-refractivity contribution is 6.31. The van der Waals surface area contributed by atoms with E-state index in [9.17, 15) is 0 Å². The molecule has 0 aliphatic carbocycles. The second-order valence-electron chi connectivity index (χ2n) is 5.22. The first-order valence-electron chi connectivity index (χ1n) is 7.32. The molecule has 3 aromatic rings. The van der Waals surface area contributed by atoms with Crippen molar-refractivity contribution in [2.45, 2.75) is 20.8 Å². The highest BCUT2D eigenvalue weighted by Crippen LogP contribution is 2.22. The predicted molar refractivity (Wildman–Crippen MR) is 103 cm³/mol. The van der Waals surface area contributed by atoms with Crippen LogP contribution < -0.4 is 5.32 Å². The molecule has 5 nitrogen and oxygen atoms in total. The number of benzene rings is 1. The molecular weight excluding hydrogens is 381 g/mol. The molecule has 0 amide bonds. The molecule has 25 heavy (non-hydrogen) atoms. The van der Waals surface area contributed by atoms with Gasteiger partial charge in [-0.15, -0.1) is 0 Å². The number of nitrogens with zero attached hydrogens (tertiary/aromatic N) is 4. The summed E-state index contributed by atoms with van der Waals surface area (Å²) in [4.78, 5) is 15.1. The van der Waals surface area contributed by atoms with Crippen molar-refractivity contribution in [3.63, 3.8) is 0 Å². The van der Waals surface area contributed by atoms with Crippen LogP contribution in [0.4, 0.5) is 11.5 Å². The van der Waals surface area contributed by atoms with Gasteiger partial charge in [-0.1, -0.05) is 11.6 Å². The summed E-state index contributed by atoms with van der Waals surface area (Å²) in [5, 5.41) is 4.01. The SMILES string of the molecule is Cc1cc(Nc2ccnc(Cl)n2)cc(C)c1C.Clc1ccnc(Cl)n1. The first-order chi connectivity index (χ1) is 11.8. The zero-order valence-electron chi connectivity index (χ0n) is 13.9. The summed E-state index contributed by atoms with van der Waals surface area (Å²) in [5.74, 6) is 0.702. The van der Waals surface area contributed by atoms with Crippen LogP contribution in [-0.4, -0.2) is 19.9 Å². The molecule has 0 atom stereocenters. The van der Waals surface area contributed by atoms with Crippen LogP contribution in [0, 0.1) is 20.8 Å². The number of hydrogen-bond acceptors (Lipinski definition) is 5. The topological polar surface area (TPSA) is 63.6 Å². The molecule has 0 aliphatic heterocycles. The van der Waals surface area contributed by atoms with E-state index in [1.54, 1.807) is 18.3 Å². The van der Waals surface area contributed by atoms with E-state index in [-0.39, 0.29) is 10.6 Å². The molecule has 130 valence electrons. The van der Waals surface area contributed by atoms with Crippen LogP contribution in [0.2, 0.25) is 15.7 Å². The van der Waals surface area contributed by atoms with Crippen molar-refractivity contribution in [3.8, 4) is 0 Å². The minimum absolute atomic E-state index is 0.178. The third-order valence-corrected chi connectivity index (χ3v) is 3.99. The summed E-state index contributed by atoms with van der Waals surface area (Å²) in [6.45, 7) is 6.32. The second kappa shape index (κ2) is 8.94. The quantitative estimate of drug-likeness (QED) is 0.452. The average molecular weight is 397 g/mol. The molecule has 8 heteroatoms. The van der Waals surface area contributed by atoms with Crippen LogP contribution in [0.1, 0.15) is 16.7 Å². The second-order valence-corrected chi connectivity index (χ2v) is 6.28. The number of nitrogens with one attached hydrogen (secondary N) is 1. The van der Waals surface area contributed by atoms with Gasteiger partial charge in [0.15, 0.2) is 0 Å². The Bertz CT molecular complexity index is 830. The Morgan fingerprint density at radius 3 is 1.84 bits per heavy atom. The Morgan fingerprint density at radius 1 is 0.800 bits per heavy atom. The molecule has 0 saturated carbocycles. The van der Waals surface area contributed by atoms with Gasteiger partial charge in [0.1, 0.15) is 11.0 Å². The molecule has 3 rings (SSSR count). The summed E-state index contributed by atoms with van der Waals surface area (Å²) >= 11 is 16.5. The lowest BCUT2D eigenvalue weighted by Crippen LogP contribution is -1.97. The van der Waals surface area contributed by atoms with E-state index < -0.39 is 0 Å². The van der Waals surface area contributed by atoms with Crippen LogP contribution in [0.15, 0.2) is 36.7 Å². The molecule has 1 N–H and O–H groups in total. The van der Waals surface area contributed by atoms with E-state index in [2.05, 4.69) is 58.2 Å². The minimum atomic E-state index is 0.178. The first kappa shape index (κ1) is 19.4. The summed E-state index contributed by atoms with van der Waals surface area (Å²) < 4.78 is 0. The number of hydrogen-bond donors (Lipinski definition) is 1. The molecule has 0 spiro atoms. The minimum Gasteiger partial charge on any atom is -0.340 e. The lowest BCUT2D eigenvalue weighted by Gasteiger charge is -2.10. The number of rotatable bonds is 2. The van der Waals surface area contributed by atoms with E-state index >= 15 is 0 Å². The van der Waals surface area contributed by atoms with Crippen molar-refractivity contribution in [1.82, 2.24) is 19.9 Å². The smallest absolute Gasteiger partial charge is 0.224 e. The number of halogens is 3. The van der Waals surface area contributed by atoms with Crippen LogP contribution in [0.3, 0.4) is 0 Å². The van der Waals surface area contributed by atoms with Gasteiger partial charge >= 0.3 is 0 Å². The van der Waals surface area contributed by atoms with Crippen LogP contribution >= 0.6 is 34.8 Å². The lowest BCUT2D eigenvalue weighted by atomic mass is 10.0. The lowest BCUT2D eigenvalue weighted by molar-refractivity contribution is 1.16. The van der Waals surface area contributed by atoms with E-state index in [0.29, 0.717) is 11.0 Å². The van der Waals surface area contributed by atoms with Gasteiger partial charge in [-0.25, -0.2) is 19.9 Å². The fraction of sp³-hybridized carbons (Fsp3) is 0.176. The van der Waals surface area contributed by atoms with Crippen LogP contribution in [-0.2, 0) is 0 Å². The van der Waals surface area contributed by atoms with E-state index in [4.69, 9.17) is 34.8 Å². The van der Waals surface area contributed by atoms with Crippen molar-refractivity contribution in [1.29, 1.82) is 0 Å². The molecule has 0 bridgehead atoms. The molecule has 0 fully saturated rings. The summed E-state index contributed by atoms with van der Waals surface area (Å²) in [6, 6.07) is 7.54. The molecule has 2 aromatic heterocycles. The maximum absolute atomic E-state index is 5.74. The largest absolute Gasteiger partial charge is 0.340 e. The Kier molecular flexibility index (Phi) is 6.93. The Morgan fingerprint density at radius 2 is 1.36 bits per heavy atom. The highest BCUT2D eigenvalue weighted by Gasteiger charge is 2.02. The van der Waals surface area contributed by atoms with Gasteiger partial charge in [-0.05, 0) is 84.9 Å². The molecular formula is C17H16Cl3N5. The summed E-state index contributed by atoms with van der Waals surface area (Å²) in [6.07, 6.45) is 3.13. The van der Waals surface area contributed by atoms with Gasteiger partial charge in [0.05, 0.1) is 0 Å². The van der Waals surface area contributed by atoms with E-state index in [0.717, 1.165) is 5.69 Å². The van der Waals surface area contributed by atoms with Crippen molar-refractivity contribution in [3.05, 3.63) is 69.1 Å². The van der Waals surface area contributed by atoms with Crippen molar-refractivity contribution in [2.24, 2.45) is 0 Å². The molecule has 0 saturated heterocycles. The summed E-state index contributed by atoms with van der Waals surface area (Å²) in [5.41, 5.74) is 4.84. The van der Waals surface area contributed by atoms with E-state index in [1.165, 1.54) is 22.9 Å². The third kappa shape index (κ3) is 6.12. The van der Waals surface area contributed by atoms with Gasteiger partial charge in [-0.2, -0.15) is 0 Å². The zero-order valence-corrected chi connectivity index (χ0v) is 16.2. The zero-order chi connectivity index (χ0) is 18.4. The van der Waals surface area contributed by atoms with Crippen molar-refractivity contribution in [2.75, 3.05) is 5.32 Å². The standard InChI is InChI=1S/C13H14ClN3.C4H2Cl2N2/c1-8-6-11(7-9(2)10(8)3)16-12-4-5-15-13(14)17-12;5-3-1-2-7-4(6)8-3/h4-7H,1-3H3,(H,15,16,17);1-2H. The normalized spacial score (nSPS) is 10.0. The number of aromatic nitrogens is 4. The summed E-state index contributed by atoms with van der Waals surface area (Å²) in [7, 11) is 0. The molecule has 0 aliphatic rings. The van der Waals surface area contributed by atoms with Crippen LogP contribution in [0.5, 0.6) is 0 Å². The third-order valence-electron chi connectivity index (χ3n) is 3.42. The number of anilines is 2. The Balaban J connectivity index is 0.000000236. The maximum atomic E-state index is 5.74.